The van der Waals surface area contributed by atoms with Crippen LogP contribution in [0.4, 0.5) is 0 Å². The molecule has 0 bridgehead atoms. The zero-order valence-electron chi connectivity index (χ0n) is 7.59. The van der Waals surface area contributed by atoms with Gasteiger partial charge in [0.15, 0.2) is 0 Å². The summed E-state index contributed by atoms with van der Waals surface area (Å²) < 4.78 is 0. The van der Waals surface area contributed by atoms with Crippen LogP contribution in [0.3, 0.4) is 0 Å². The Kier molecular flexibility index (Phi) is 3.81. The van der Waals surface area contributed by atoms with E-state index in [-0.39, 0.29) is 0 Å². The predicted octanol–water partition coefficient (Wildman–Crippen LogP) is 2.52. The average molecular weight is 162 g/mol. The summed E-state index contributed by atoms with van der Waals surface area (Å²) in [5.74, 6) is 0. The summed E-state index contributed by atoms with van der Waals surface area (Å²) in [5.41, 5.74) is 7.11. The van der Waals surface area contributed by atoms with Gasteiger partial charge < -0.3 is 5.73 Å². The first kappa shape index (κ1) is 9.27. The van der Waals surface area contributed by atoms with Gasteiger partial charge in [-0.2, -0.15) is 0 Å². The summed E-state index contributed by atoms with van der Waals surface area (Å²) in [6.45, 7) is 2.10. The molecule has 1 rings (SSSR count). The van der Waals surface area contributed by atoms with Crippen LogP contribution in [0.25, 0.3) is 0 Å². The molecule has 1 aromatic rings. The standard InChI is InChI=1S/C11H16N/c1-2-11(12)9-8-10-6-4-3-5-7-10/h3-7H,2,8-9,12H2,1H3. The molecular weight excluding hydrogens is 146 g/mol. The highest BCUT2D eigenvalue weighted by atomic mass is 14.6. The van der Waals surface area contributed by atoms with Gasteiger partial charge in [0.1, 0.15) is 0 Å². The molecule has 2 N–H and O–H groups in total. The Morgan fingerprint density at radius 1 is 1.25 bits per heavy atom. The molecule has 0 aliphatic rings. The number of rotatable bonds is 4. The van der Waals surface area contributed by atoms with E-state index in [2.05, 4.69) is 31.2 Å². The van der Waals surface area contributed by atoms with Crippen LogP contribution < -0.4 is 5.73 Å². The Morgan fingerprint density at radius 2 is 1.92 bits per heavy atom. The average Bonchev–Trinajstić information content (AvgIpc) is 2.16. The van der Waals surface area contributed by atoms with Crippen molar-refractivity contribution in [3.8, 4) is 0 Å². The van der Waals surface area contributed by atoms with E-state index in [4.69, 9.17) is 5.73 Å². The molecule has 1 radical (unpaired) electrons. The Balaban J connectivity index is 2.33. The van der Waals surface area contributed by atoms with Crippen molar-refractivity contribution in [3.05, 3.63) is 41.9 Å². The van der Waals surface area contributed by atoms with Gasteiger partial charge in [-0.3, -0.25) is 0 Å². The fraction of sp³-hybridized carbons (Fsp3) is 0.364. The first-order valence-electron chi connectivity index (χ1n) is 4.47. The van der Waals surface area contributed by atoms with Crippen molar-refractivity contribution in [3.63, 3.8) is 0 Å². The Morgan fingerprint density at radius 3 is 2.50 bits per heavy atom. The van der Waals surface area contributed by atoms with Gasteiger partial charge in [0.25, 0.3) is 0 Å². The highest BCUT2D eigenvalue weighted by Gasteiger charge is 1.99. The van der Waals surface area contributed by atoms with E-state index in [0.717, 1.165) is 25.3 Å². The van der Waals surface area contributed by atoms with Crippen molar-refractivity contribution in [1.82, 2.24) is 0 Å². The lowest BCUT2D eigenvalue weighted by Gasteiger charge is -2.06. The molecule has 0 saturated heterocycles. The van der Waals surface area contributed by atoms with Gasteiger partial charge in [0, 0.05) is 6.04 Å². The highest BCUT2D eigenvalue weighted by molar-refractivity contribution is 5.15. The van der Waals surface area contributed by atoms with Gasteiger partial charge in [-0.15, -0.1) is 0 Å². The molecule has 65 valence electrons. The lowest BCUT2D eigenvalue weighted by Crippen LogP contribution is -2.08. The predicted molar refractivity (Wildman–Crippen MR) is 52.5 cm³/mol. The van der Waals surface area contributed by atoms with Crippen molar-refractivity contribution in [2.24, 2.45) is 5.73 Å². The molecule has 1 aromatic carbocycles. The number of hydrogen-bond acceptors (Lipinski definition) is 1. The largest absolute Gasteiger partial charge is 0.324 e. The number of benzene rings is 1. The first-order valence-corrected chi connectivity index (χ1v) is 4.47. The Labute approximate surface area is 74.6 Å². The van der Waals surface area contributed by atoms with Crippen LogP contribution in [0.15, 0.2) is 30.3 Å². The maximum absolute atomic E-state index is 5.74. The molecule has 0 unspecified atom stereocenters. The van der Waals surface area contributed by atoms with E-state index >= 15 is 0 Å². The fourth-order valence-electron chi connectivity index (χ4n) is 1.13. The molecule has 0 spiro atoms. The zero-order chi connectivity index (χ0) is 8.81. The molecule has 1 nitrogen and oxygen atoms in total. The third-order valence-electron chi connectivity index (χ3n) is 2.03. The number of aryl methyl sites for hydroxylation is 1. The summed E-state index contributed by atoms with van der Waals surface area (Å²) in [7, 11) is 0. The number of hydrogen-bond donors (Lipinski definition) is 1. The van der Waals surface area contributed by atoms with Crippen LogP contribution in [0, 0.1) is 6.04 Å². The normalized spacial score (nSPS) is 10.6. The molecule has 0 heterocycles. The van der Waals surface area contributed by atoms with E-state index in [0.29, 0.717) is 0 Å². The quantitative estimate of drug-likeness (QED) is 0.723. The Hall–Kier alpha value is -0.820. The maximum atomic E-state index is 5.74. The smallest absolute Gasteiger partial charge is 0.0337 e. The molecule has 0 atom stereocenters. The minimum Gasteiger partial charge on any atom is -0.324 e. The second kappa shape index (κ2) is 4.94. The second-order valence-corrected chi connectivity index (χ2v) is 3.00. The van der Waals surface area contributed by atoms with Gasteiger partial charge in [-0.1, -0.05) is 37.3 Å². The minimum absolute atomic E-state index is 0.993. The topological polar surface area (TPSA) is 26.0 Å². The number of nitrogens with two attached hydrogens (primary N) is 1. The summed E-state index contributed by atoms with van der Waals surface area (Å²) in [4.78, 5) is 0. The van der Waals surface area contributed by atoms with Crippen molar-refractivity contribution >= 4 is 0 Å². The fourth-order valence-corrected chi connectivity index (χ4v) is 1.13. The van der Waals surface area contributed by atoms with E-state index in [1.807, 2.05) is 6.07 Å². The monoisotopic (exact) mass is 162 g/mol. The van der Waals surface area contributed by atoms with Crippen LogP contribution in [0.2, 0.25) is 0 Å². The lowest BCUT2D eigenvalue weighted by molar-refractivity contribution is 0.740. The van der Waals surface area contributed by atoms with Crippen LogP contribution >= 0.6 is 0 Å². The van der Waals surface area contributed by atoms with E-state index in [1.54, 1.807) is 0 Å². The van der Waals surface area contributed by atoms with Gasteiger partial charge >= 0.3 is 0 Å². The molecule has 0 aliphatic heterocycles. The lowest BCUT2D eigenvalue weighted by atomic mass is 10.0. The molecule has 0 aliphatic carbocycles. The summed E-state index contributed by atoms with van der Waals surface area (Å²) in [6, 6.07) is 11.6. The first-order chi connectivity index (χ1) is 5.83. The van der Waals surface area contributed by atoms with E-state index in [9.17, 15) is 0 Å². The van der Waals surface area contributed by atoms with Gasteiger partial charge in [-0.25, -0.2) is 0 Å². The van der Waals surface area contributed by atoms with Crippen LogP contribution in [0.1, 0.15) is 25.3 Å². The third kappa shape index (κ3) is 3.05. The molecule has 0 amide bonds. The van der Waals surface area contributed by atoms with Crippen molar-refractivity contribution in [1.29, 1.82) is 0 Å². The van der Waals surface area contributed by atoms with Gasteiger partial charge in [0.05, 0.1) is 0 Å². The van der Waals surface area contributed by atoms with E-state index in [1.165, 1.54) is 5.56 Å². The molecule has 1 heteroatoms. The van der Waals surface area contributed by atoms with E-state index < -0.39 is 0 Å². The van der Waals surface area contributed by atoms with Crippen molar-refractivity contribution < 1.29 is 0 Å². The molecule has 12 heavy (non-hydrogen) atoms. The van der Waals surface area contributed by atoms with Crippen LogP contribution in [-0.2, 0) is 6.42 Å². The van der Waals surface area contributed by atoms with Crippen LogP contribution in [-0.4, -0.2) is 0 Å². The van der Waals surface area contributed by atoms with Gasteiger partial charge in [0.2, 0.25) is 0 Å². The summed E-state index contributed by atoms with van der Waals surface area (Å²) in [5, 5.41) is 0. The minimum atomic E-state index is 0.993. The second-order valence-electron chi connectivity index (χ2n) is 3.00. The third-order valence-corrected chi connectivity index (χ3v) is 2.03. The van der Waals surface area contributed by atoms with Crippen molar-refractivity contribution in [2.45, 2.75) is 26.2 Å². The molecule has 0 fully saturated rings. The van der Waals surface area contributed by atoms with Crippen LogP contribution in [0.5, 0.6) is 0 Å². The van der Waals surface area contributed by atoms with Gasteiger partial charge in [-0.05, 0) is 24.8 Å². The molecular formula is C11H16N. The summed E-state index contributed by atoms with van der Waals surface area (Å²) in [6.07, 6.45) is 3.08. The zero-order valence-corrected chi connectivity index (χ0v) is 7.59. The highest BCUT2D eigenvalue weighted by Crippen LogP contribution is 2.09. The SMILES string of the molecule is CC[C](N)CCc1ccccc1. The van der Waals surface area contributed by atoms with Crippen molar-refractivity contribution in [2.75, 3.05) is 0 Å². The molecule has 0 saturated carbocycles. The Bertz CT molecular complexity index is 206. The summed E-state index contributed by atoms with van der Waals surface area (Å²) >= 11 is 0. The molecule has 0 aromatic heterocycles. The maximum Gasteiger partial charge on any atom is 0.0337 e.